The van der Waals surface area contributed by atoms with Gasteiger partial charge in [-0.2, -0.15) is 0 Å². The smallest absolute Gasteiger partial charge is 0.305 e. The molecule has 0 spiro atoms. The summed E-state index contributed by atoms with van der Waals surface area (Å²) in [5.41, 5.74) is 1.63. The summed E-state index contributed by atoms with van der Waals surface area (Å²) in [7, 11) is 1.42. The first kappa shape index (κ1) is 15.6. The van der Waals surface area contributed by atoms with Gasteiger partial charge < -0.3 is 14.5 Å². The number of esters is 1. The van der Waals surface area contributed by atoms with E-state index in [9.17, 15) is 4.79 Å². The zero-order valence-electron chi connectivity index (χ0n) is 13.9. The Morgan fingerprint density at radius 3 is 2.78 bits per heavy atom. The fourth-order valence-electron chi connectivity index (χ4n) is 3.17. The standard InChI is InChI=1S/C17H22N4O2/c1-11-7-14(20-9-13(10-20)8-15(22)23-4)19-17(16(11)18-3)21-6-5-12(21)2/h7,12-13H,5-6,8-10H2,1-2,4H3/t12-/m0/s1. The number of carbonyl (C=O) groups excluding carboxylic acids is 1. The Labute approximate surface area is 136 Å². The number of carbonyl (C=O) groups is 1. The van der Waals surface area contributed by atoms with Crippen molar-refractivity contribution in [3.8, 4) is 0 Å². The highest BCUT2D eigenvalue weighted by atomic mass is 16.5. The van der Waals surface area contributed by atoms with E-state index in [-0.39, 0.29) is 5.97 Å². The number of nitrogens with zero attached hydrogens (tertiary/aromatic N) is 4. The van der Waals surface area contributed by atoms with E-state index in [0.29, 0.717) is 24.1 Å². The van der Waals surface area contributed by atoms with Crippen molar-refractivity contribution in [1.82, 2.24) is 4.98 Å². The van der Waals surface area contributed by atoms with Gasteiger partial charge in [-0.3, -0.25) is 4.79 Å². The number of aryl methyl sites for hydroxylation is 1. The van der Waals surface area contributed by atoms with Crippen molar-refractivity contribution in [1.29, 1.82) is 0 Å². The minimum absolute atomic E-state index is 0.155. The molecule has 0 unspecified atom stereocenters. The fraction of sp³-hybridized carbons (Fsp3) is 0.588. The second-order valence-electron chi connectivity index (χ2n) is 6.46. The van der Waals surface area contributed by atoms with Gasteiger partial charge in [0, 0.05) is 31.6 Å². The van der Waals surface area contributed by atoms with Crippen LogP contribution in [0, 0.1) is 19.4 Å². The highest BCUT2D eigenvalue weighted by Gasteiger charge is 2.33. The molecule has 3 rings (SSSR count). The molecule has 0 radical (unpaired) electrons. The molecule has 1 aromatic rings. The second kappa shape index (κ2) is 6.07. The molecule has 6 nitrogen and oxygen atoms in total. The van der Waals surface area contributed by atoms with Crippen LogP contribution in [0.15, 0.2) is 6.07 Å². The van der Waals surface area contributed by atoms with Crippen molar-refractivity contribution in [2.24, 2.45) is 5.92 Å². The molecule has 0 aromatic carbocycles. The van der Waals surface area contributed by atoms with Gasteiger partial charge in [0.05, 0.1) is 20.1 Å². The first-order chi connectivity index (χ1) is 11.0. The van der Waals surface area contributed by atoms with E-state index in [1.54, 1.807) is 0 Å². The van der Waals surface area contributed by atoms with Crippen LogP contribution in [-0.4, -0.2) is 43.7 Å². The Bertz CT molecular complexity index is 661. The molecule has 3 heterocycles. The van der Waals surface area contributed by atoms with Crippen LogP contribution >= 0.6 is 0 Å². The van der Waals surface area contributed by atoms with Gasteiger partial charge in [0.1, 0.15) is 11.6 Å². The van der Waals surface area contributed by atoms with Crippen LogP contribution < -0.4 is 9.80 Å². The number of aromatic nitrogens is 1. The zero-order valence-corrected chi connectivity index (χ0v) is 13.9. The minimum Gasteiger partial charge on any atom is -0.469 e. The van der Waals surface area contributed by atoms with E-state index in [0.717, 1.165) is 43.3 Å². The van der Waals surface area contributed by atoms with Gasteiger partial charge in [-0.05, 0) is 31.9 Å². The Morgan fingerprint density at radius 1 is 1.52 bits per heavy atom. The Balaban J connectivity index is 1.77. The minimum atomic E-state index is -0.155. The number of rotatable bonds is 4. The maximum absolute atomic E-state index is 11.3. The molecule has 23 heavy (non-hydrogen) atoms. The summed E-state index contributed by atoms with van der Waals surface area (Å²) in [6.07, 6.45) is 1.61. The van der Waals surface area contributed by atoms with Crippen LogP contribution in [0.5, 0.6) is 0 Å². The summed E-state index contributed by atoms with van der Waals surface area (Å²) < 4.78 is 4.72. The maximum Gasteiger partial charge on any atom is 0.305 e. The van der Waals surface area contributed by atoms with Crippen LogP contribution in [0.3, 0.4) is 0 Å². The number of anilines is 2. The average molecular weight is 314 g/mol. The van der Waals surface area contributed by atoms with Crippen LogP contribution in [-0.2, 0) is 9.53 Å². The summed E-state index contributed by atoms with van der Waals surface area (Å²) in [6.45, 7) is 14.2. The number of pyridine rings is 1. The molecule has 1 atom stereocenters. The summed E-state index contributed by atoms with van der Waals surface area (Å²) in [5.74, 6) is 1.89. The predicted octanol–water partition coefficient (Wildman–Crippen LogP) is 2.54. The van der Waals surface area contributed by atoms with Crippen molar-refractivity contribution in [2.75, 3.05) is 36.5 Å². The van der Waals surface area contributed by atoms with Gasteiger partial charge in [-0.1, -0.05) is 0 Å². The first-order valence-corrected chi connectivity index (χ1v) is 8.01. The predicted molar refractivity (Wildman–Crippen MR) is 89.0 cm³/mol. The van der Waals surface area contributed by atoms with Crippen LogP contribution in [0.1, 0.15) is 25.3 Å². The fourth-order valence-corrected chi connectivity index (χ4v) is 3.17. The first-order valence-electron chi connectivity index (χ1n) is 8.01. The maximum atomic E-state index is 11.3. The molecule has 2 fully saturated rings. The Hall–Kier alpha value is -2.29. The molecule has 2 saturated heterocycles. The quantitative estimate of drug-likeness (QED) is 0.631. The molecule has 0 N–H and O–H groups in total. The molecule has 0 saturated carbocycles. The molecule has 2 aliphatic rings. The van der Waals surface area contributed by atoms with Gasteiger partial charge in [-0.25, -0.2) is 9.83 Å². The lowest BCUT2D eigenvalue weighted by Gasteiger charge is -2.43. The van der Waals surface area contributed by atoms with Crippen molar-refractivity contribution in [3.63, 3.8) is 0 Å². The molecule has 0 aliphatic carbocycles. The Morgan fingerprint density at radius 2 is 2.26 bits per heavy atom. The third-order valence-corrected chi connectivity index (χ3v) is 4.82. The van der Waals surface area contributed by atoms with E-state index in [2.05, 4.69) is 21.6 Å². The molecule has 2 aliphatic heterocycles. The third-order valence-electron chi connectivity index (χ3n) is 4.82. The van der Waals surface area contributed by atoms with Gasteiger partial charge >= 0.3 is 5.97 Å². The molecular formula is C17H22N4O2. The highest BCUT2D eigenvalue weighted by Crippen LogP contribution is 2.39. The highest BCUT2D eigenvalue weighted by molar-refractivity contribution is 5.75. The number of ether oxygens (including phenoxy) is 1. The van der Waals surface area contributed by atoms with Crippen molar-refractivity contribution < 1.29 is 9.53 Å². The monoisotopic (exact) mass is 314 g/mol. The Kier molecular flexibility index (Phi) is 4.12. The van der Waals surface area contributed by atoms with Gasteiger partial charge in [0.15, 0.2) is 0 Å². The van der Waals surface area contributed by atoms with Crippen molar-refractivity contribution >= 4 is 23.3 Å². The zero-order chi connectivity index (χ0) is 16.6. The van der Waals surface area contributed by atoms with Crippen LogP contribution in [0.25, 0.3) is 4.85 Å². The third kappa shape index (κ3) is 2.83. The molecule has 6 heteroatoms. The lowest BCUT2D eigenvalue weighted by molar-refractivity contribution is -0.141. The van der Waals surface area contributed by atoms with Gasteiger partial charge in [0.2, 0.25) is 5.69 Å². The van der Waals surface area contributed by atoms with Crippen LogP contribution in [0.2, 0.25) is 0 Å². The average Bonchev–Trinajstić information content (AvgIpc) is 2.48. The SMILES string of the molecule is [C-]#[N+]c1c(C)cc(N2CC(CC(=O)OC)C2)nc1N1CC[C@@H]1C. The number of methoxy groups -OCH3 is 1. The van der Waals surface area contributed by atoms with Crippen molar-refractivity contribution in [2.45, 2.75) is 32.7 Å². The number of hydrogen-bond donors (Lipinski definition) is 0. The summed E-state index contributed by atoms with van der Waals surface area (Å²) in [6, 6.07) is 2.43. The molecular weight excluding hydrogens is 292 g/mol. The summed E-state index contributed by atoms with van der Waals surface area (Å²) >= 11 is 0. The van der Waals surface area contributed by atoms with E-state index >= 15 is 0 Å². The normalized spacial score (nSPS) is 20.5. The van der Waals surface area contributed by atoms with E-state index in [1.165, 1.54) is 7.11 Å². The molecule has 0 bridgehead atoms. The summed E-state index contributed by atoms with van der Waals surface area (Å²) in [5, 5.41) is 0. The van der Waals surface area contributed by atoms with Gasteiger partial charge in [-0.15, -0.1) is 0 Å². The van der Waals surface area contributed by atoms with E-state index in [4.69, 9.17) is 16.3 Å². The van der Waals surface area contributed by atoms with E-state index in [1.807, 2.05) is 13.0 Å². The largest absolute Gasteiger partial charge is 0.469 e. The second-order valence-corrected chi connectivity index (χ2v) is 6.46. The number of hydrogen-bond acceptors (Lipinski definition) is 5. The van der Waals surface area contributed by atoms with Crippen LogP contribution in [0.4, 0.5) is 17.3 Å². The van der Waals surface area contributed by atoms with Gasteiger partial charge in [0.25, 0.3) is 0 Å². The topological polar surface area (TPSA) is 50.0 Å². The lowest BCUT2D eigenvalue weighted by Crippen LogP contribution is -2.49. The lowest BCUT2D eigenvalue weighted by atomic mass is 9.96. The molecule has 122 valence electrons. The summed E-state index contributed by atoms with van der Waals surface area (Å²) in [4.78, 5) is 24.1. The van der Waals surface area contributed by atoms with E-state index < -0.39 is 0 Å². The van der Waals surface area contributed by atoms with Crippen molar-refractivity contribution in [3.05, 3.63) is 23.0 Å². The molecule has 0 amide bonds. The molecule has 1 aromatic heterocycles.